The molecule has 0 unspecified atom stereocenters. The molecular weight excluding hydrogens is 400 g/mol. The Morgan fingerprint density at radius 2 is 1.50 bits per heavy atom. The van der Waals surface area contributed by atoms with E-state index < -0.39 is 23.8 Å². The second-order valence-corrected chi connectivity index (χ2v) is 7.54. The molecule has 1 atom stereocenters. The van der Waals surface area contributed by atoms with Crippen LogP contribution in [0.3, 0.4) is 0 Å². The Balaban J connectivity index is 1.70. The van der Waals surface area contributed by atoms with Gasteiger partial charge in [0, 0.05) is 17.1 Å². The van der Waals surface area contributed by atoms with Crippen LogP contribution in [0.5, 0.6) is 0 Å². The van der Waals surface area contributed by atoms with E-state index in [0.717, 1.165) is 10.5 Å². The summed E-state index contributed by atoms with van der Waals surface area (Å²) in [6.45, 7) is 1.80. The highest BCUT2D eigenvalue weighted by molar-refractivity contribution is 6.31. The zero-order valence-corrected chi connectivity index (χ0v) is 17.0. The van der Waals surface area contributed by atoms with Crippen LogP contribution in [0.2, 0.25) is 5.02 Å². The number of nitrogens with one attached hydrogen (secondary N) is 1. The summed E-state index contributed by atoms with van der Waals surface area (Å²) >= 11 is 6.17. The Labute approximate surface area is 179 Å². The maximum Gasteiger partial charge on any atom is 0.262 e. The van der Waals surface area contributed by atoms with Crippen molar-refractivity contribution < 1.29 is 14.4 Å². The summed E-state index contributed by atoms with van der Waals surface area (Å²) in [6, 6.07) is 20.1. The molecule has 3 amide bonds. The van der Waals surface area contributed by atoms with Gasteiger partial charge in [0.2, 0.25) is 5.91 Å². The van der Waals surface area contributed by atoms with Gasteiger partial charge in [-0.1, -0.05) is 60.1 Å². The number of anilines is 1. The third kappa shape index (κ3) is 3.60. The van der Waals surface area contributed by atoms with Gasteiger partial charge in [-0.15, -0.1) is 0 Å². The van der Waals surface area contributed by atoms with Gasteiger partial charge in [0.15, 0.2) is 0 Å². The smallest absolute Gasteiger partial charge is 0.262 e. The third-order valence-corrected chi connectivity index (χ3v) is 5.65. The van der Waals surface area contributed by atoms with Crippen molar-refractivity contribution in [1.82, 2.24) is 4.90 Å². The number of amides is 3. The number of hydrogen-bond donors (Lipinski definition) is 1. The highest BCUT2D eigenvalue weighted by atomic mass is 35.5. The molecule has 0 saturated carbocycles. The number of fused-ring (bicyclic) bond motifs is 1. The Morgan fingerprint density at radius 3 is 2.13 bits per heavy atom. The van der Waals surface area contributed by atoms with E-state index in [2.05, 4.69) is 5.32 Å². The number of rotatable bonds is 5. The first-order chi connectivity index (χ1) is 14.5. The van der Waals surface area contributed by atoms with Crippen LogP contribution in [0.4, 0.5) is 5.69 Å². The number of imide groups is 1. The molecule has 30 heavy (non-hydrogen) atoms. The van der Waals surface area contributed by atoms with E-state index in [1.807, 2.05) is 30.3 Å². The molecule has 0 saturated heterocycles. The topological polar surface area (TPSA) is 66.5 Å². The lowest BCUT2D eigenvalue weighted by molar-refractivity contribution is -0.119. The fourth-order valence-electron chi connectivity index (χ4n) is 3.59. The van der Waals surface area contributed by atoms with Crippen LogP contribution in [-0.2, 0) is 11.2 Å². The van der Waals surface area contributed by atoms with Crippen LogP contribution in [0.1, 0.15) is 31.8 Å². The van der Waals surface area contributed by atoms with E-state index >= 15 is 0 Å². The monoisotopic (exact) mass is 418 g/mol. The molecule has 6 heteroatoms. The van der Waals surface area contributed by atoms with Crippen LogP contribution < -0.4 is 5.32 Å². The molecule has 3 aromatic carbocycles. The first-order valence-electron chi connectivity index (χ1n) is 9.54. The van der Waals surface area contributed by atoms with E-state index in [1.54, 1.807) is 49.4 Å². The van der Waals surface area contributed by atoms with Crippen molar-refractivity contribution in [3.05, 3.63) is 100 Å². The zero-order chi connectivity index (χ0) is 21.3. The van der Waals surface area contributed by atoms with Gasteiger partial charge in [-0.3, -0.25) is 19.3 Å². The number of hydrogen-bond acceptors (Lipinski definition) is 3. The first-order valence-corrected chi connectivity index (χ1v) is 9.92. The minimum atomic E-state index is -1.00. The second kappa shape index (κ2) is 8.13. The molecule has 4 rings (SSSR count). The van der Waals surface area contributed by atoms with Gasteiger partial charge in [0.25, 0.3) is 11.8 Å². The SMILES string of the molecule is Cc1c(Cl)cccc1NC(=O)[C@H](Cc1ccccc1)N1C(=O)c2ccccc2C1=O. The highest BCUT2D eigenvalue weighted by Gasteiger charge is 2.42. The van der Waals surface area contributed by atoms with Gasteiger partial charge in [-0.25, -0.2) is 0 Å². The maximum absolute atomic E-state index is 13.3. The maximum atomic E-state index is 13.3. The molecule has 0 spiro atoms. The average molecular weight is 419 g/mol. The Bertz CT molecular complexity index is 1110. The van der Waals surface area contributed by atoms with E-state index in [4.69, 9.17) is 11.6 Å². The summed E-state index contributed by atoms with van der Waals surface area (Å²) in [6.07, 6.45) is 0.206. The van der Waals surface area contributed by atoms with Gasteiger partial charge in [0.05, 0.1) is 11.1 Å². The van der Waals surface area contributed by atoms with Crippen LogP contribution >= 0.6 is 11.6 Å². The normalized spacial score (nSPS) is 13.9. The molecular formula is C24H19ClN2O3. The van der Waals surface area contributed by atoms with Crippen molar-refractivity contribution in [3.63, 3.8) is 0 Å². The van der Waals surface area contributed by atoms with E-state index in [1.165, 1.54) is 0 Å². The summed E-state index contributed by atoms with van der Waals surface area (Å²) in [7, 11) is 0. The van der Waals surface area contributed by atoms with Crippen molar-refractivity contribution in [2.24, 2.45) is 0 Å². The summed E-state index contributed by atoms with van der Waals surface area (Å²) in [5.74, 6) is -1.37. The molecule has 5 nitrogen and oxygen atoms in total. The Morgan fingerprint density at radius 1 is 0.900 bits per heavy atom. The largest absolute Gasteiger partial charge is 0.324 e. The lowest BCUT2D eigenvalue weighted by Crippen LogP contribution is -2.48. The number of carbonyl (C=O) groups excluding carboxylic acids is 3. The minimum absolute atomic E-state index is 0.206. The highest BCUT2D eigenvalue weighted by Crippen LogP contribution is 2.28. The molecule has 0 radical (unpaired) electrons. The summed E-state index contributed by atoms with van der Waals surface area (Å²) in [5, 5.41) is 3.37. The molecule has 0 aliphatic carbocycles. The van der Waals surface area contributed by atoms with Gasteiger partial charge >= 0.3 is 0 Å². The summed E-state index contributed by atoms with van der Waals surface area (Å²) in [5.41, 5.74) is 2.73. The summed E-state index contributed by atoms with van der Waals surface area (Å²) < 4.78 is 0. The van der Waals surface area contributed by atoms with Crippen LogP contribution in [0, 0.1) is 6.92 Å². The molecule has 1 N–H and O–H groups in total. The predicted octanol–water partition coefficient (Wildman–Crippen LogP) is 4.49. The first kappa shape index (κ1) is 19.9. The van der Waals surface area contributed by atoms with Crippen molar-refractivity contribution in [1.29, 1.82) is 0 Å². The van der Waals surface area contributed by atoms with Gasteiger partial charge in [0.1, 0.15) is 6.04 Å². The van der Waals surface area contributed by atoms with Crippen LogP contribution in [0.15, 0.2) is 72.8 Å². The zero-order valence-electron chi connectivity index (χ0n) is 16.3. The molecule has 0 aromatic heterocycles. The number of benzene rings is 3. The van der Waals surface area contributed by atoms with E-state index in [0.29, 0.717) is 27.4 Å². The quantitative estimate of drug-likeness (QED) is 0.620. The molecule has 1 aliphatic heterocycles. The number of carbonyl (C=O) groups is 3. The Kier molecular flexibility index (Phi) is 5.38. The van der Waals surface area contributed by atoms with Gasteiger partial charge in [-0.2, -0.15) is 0 Å². The lowest BCUT2D eigenvalue weighted by Gasteiger charge is -2.26. The molecule has 1 aliphatic rings. The molecule has 1 heterocycles. The Hall–Kier alpha value is -3.44. The van der Waals surface area contributed by atoms with Gasteiger partial charge < -0.3 is 5.32 Å². The molecule has 0 fully saturated rings. The predicted molar refractivity (Wildman–Crippen MR) is 116 cm³/mol. The number of halogens is 1. The summed E-state index contributed by atoms with van der Waals surface area (Å²) in [4.78, 5) is 40.4. The standard InChI is InChI=1S/C24H19ClN2O3/c1-15-19(25)12-7-13-20(15)26-22(28)21(14-16-8-3-2-4-9-16)27-23(29)17-10-5-6-11-18(17)24(27)30/h2-13,21H,14H2,1H3,(H,26,28)/t21-/m0/s1. The van der Waals surface area contributed by atoms with Crippen molar-refractivity contribution in [2.45, 2.75) is 19.4 Å². The van der Waals surface area contributed by atoms with E-state index in [9.17, 15) is 14.4 Å². The van der Waals surface area contributed by atoms with Crippen molar-refractivity contribution in [3.8, 4) is 0 Å². The lowest BCUT2D eigenvalue weighted by atomic mass is 10.0. The fraction of sp³-hybridized carbons (Fsp3) is 0.125. The van der Waals surface area contributed by atoms with Crippen molar-refractivity contribution in [2.75, 3.05) is 5.32 Å². The minimum Gasteiger partial charge on any atom is -0.324 e. The molecule has 0 bridgehead atoms. The van der Waals surface area contributed by atoms with Crippen molar-refractivity contribution >= 4 is 35.0 Å². The van der Waals surface area contributed by atoms with Crippen LogP contribution in [0.25, 0.3) is 0 Å². The third-order valence-electron chi connectivity index (χ3n) is 5.24. The van der Waals surface area contributed by atoms with Crippen LogP contribution in [-0.4, -0.2) is 28.7 Å². The fourth-order valence-corrected chi connectivity index (χ4v) is 3.76. The molecule has 3 aromatic rings. The van der Waals surface area contributed by atoms with E-state index in [-0.39, 0.29) is 6.42 Å². The average Bonchev–Trinajstić information content (AvgIpc) is 3.01. The molecule has 150 valence electrons. The number of nitrogens with zero attached hydrogens (tertiary/aromatic N) is 1. The second-order valence-electron chi connectivity index (χ2n) is 7.13. The van der Waals surface area contributed by atoms with Gasteiger partial charge in [-0.05, 0) is 42.3 Å².